The Morgan fingerprint density at radius 3 is 2.50 bits per heavy atom. The summed E-state index contributed by atoms with van der Waals surface area (Å²) < 4.78 is 0. The fourth-order valence-corrected chi connectivity index (χ4v) is 2.50. The standard InChI is InChI=1S/C12H24N2O2/c1-11(2,3)8-14(4)9-5-6-12(13,7-9)10(15)16/h9H,5-8,13H2,1-4H3,(H,15,16). The molecule has 1 aliphatic rings. The average Bonchev–Trinajstić information content (AvgIpc) is 2.46. The summed E-state index contributed by atoms with van der Waals surface area (Å²) in [6, 6.07) is 0.306. The minimum Gasteiger partial charge on any atom is -0.480 e. The lowest BCUT2D eigenvalue weighted by Crippen LogP contribution is -2.47. The highest BCUT2D eigenvalue weighted by Crippen LogP contribution is 2.32. The van der Waals surface area contributed by atoms with E-state index in [1.807, 2.05) is 0 Å². The first-order valence-electron chi connectivity index (χ1n) is 5.87. The molecule has 1 fully saturated rings. The van der Waals surface area contributed by atoms with Crippen molar-refractivity contribution in [1.29, 1.82) is 0 Å². The second kappa shape index (κ2) is 4.34. The molecule has 0 saturated heterocycles. The maximum atomic E-state index is 11.0. The summed E-state index contributed by atoms with van der Waals surface area (Å²) in [5.74, 6) is -0.862. The van der Waals surface area contributed by atoms with Crippen LogP contribution in [0, 0.1) is 5.41 Å². The van der Waals surface area contributed by atoms with E-state index in [0.29, 0.717) is 18.9 Å². The maximum absolute atomic E-state index is 11.0. The lowest BCUT2D eigenvalue weighted by Gasteiger charge is -2.31. The molecule has 0 heterocycles. The molecule has 3 N–H and O–H groups in total. The molecule has 2 unspecified atom stereocenters. The van der Waals surface area contributed by atoms with Gasteiger partial charge in [0.05, 0.1) is 0 Å². The molecule has 0 bridgehead atoms. The number of hydrogen-bond donors (Lipinski definition) is 2. The average molecular weight is 228 g/mol. The molecule has 0 aromatic carbocycles. The van der Waals surface area contributed by atoms with Crippen molar-refractivity contribution in [1.82, 2.24) is 4.90 Å². The largest absolute Gasteiger partial charge is 0.480 e. The molecule has 0 aromatic heterocycles. The highest BCUT2D eigenvalue weighted by Gasteiger charge is 2.43. The van der Waals surface area contributed by atoms with Crippen LogP contribution in [0.5, 0.6) is 0 Å². The van der Waals surface area contributed by atoms with Crippen molar-refractivity contribution in [3.05, 3.63) is 0 Å². The Bertz CT molecular complexity index is 273. The number of carboxylic acids is 1. The number of nitrogens with zero attached hydrogens (tertiary/aromatic N) is 1. The van der Waals surface area contributed by atoms with E-state index in [0.717, 1.165) is 13.0 Å². The predicted octanol–water partition coefficient (Wildman–Crippen LogP) is 1.30. The van der Waals surface area contributed by atoms with Gasteiger partial charge >= 0.3 is 5.97 Å². The van der Waals surface area contributed by atoms with E-state index < -0.39 is 11.5 Å². The van der Waals surface area contributed by atoms with E-state index >= 15 is 0 Å². The van der Waals surface area contributed by atoms with E-state index in [2.05, 4.69) is 32.7 Å². The molecule has 0 aromatic rings. The Labute approximate surface area is 97.8 Å². The molecular formula is C12H24N2O2. The van der Waals surface area contributed by atoms with Gasteiger partial charge in [-0.3, -0.25) is 4.79 Å². The summed E-state index contributed by atoms with van der Waals surface area (Å²) >= 11 is 0. The fourth-order valence-electron chi connectivity index (χ4n) is 2.50. The summed E-state index contributed by atoms with van der Waals surface area (Å²) in [6.45, 7) is 7.52. The molecule has 4 heteroatoms. The first kappa shape index (κ1) is 13.5. The second-order valence-electron chi connectivity index (χ2n) is 6.33. The minimum absolute atomic E-state index is 0.234. The highest BCUT2D eigenvalue weighted by molar-refractivity contribution is 5.79. The predicted molar refractivity (Wildman–Crippen MR) is 64.3 cm³/mol. The number of carbonyl (C=O) groups is 1. The van der Waals surface area contributed by atoms with Crippen molar-refractivity contribution in [3.63, 3.8) is 0 Å². The van der Waals surface area contributed by atoms with Crippen LogP contribution >= 0.6 is 0 Å². The van der Waals surface area contributed by atoms with E-state index in [-0.39, 0.29) is 5.41 Å². The fraction of sp³-hybridized carbons (Fsp3) is 0.917. The third-order valence-corrected chi connectivity index (χ3v) is 3.30. The van der Waals surface area contributed by atoms with Crippen LogP contribution in [0.2, 0.25) is 0 Å². The van der Waals surface area contributed by atoms with E-state index in [9.17, 15) is 4.79 Å². The third kappa shape index (κ3) is 3.19. The Morgan fingerprint density at radius 1 is 1.56 bits per heavy atom. The molecule has 1 rings (SSSR count). The van der Waals surface area contributed by atoms with E-state index in [4.69, 9.17) is 10.8 Å². The van der Waals surface area contributed by atoms with Gasteiger partial charge in [-0.2, -0.15) is 0 Å². The van der Waals surface area contributed by atoms with Gasteiger partial charge in [0.15, 0.2) is 0 Å². The van der Waals surface area contributed by atoms with Crippen LogP contribution in [0.3, 0.4) is 0 Å². The topological polar surface area (TPSA) is 66.6 Å². The third-order valence-electron chi connectivity index (χ3n) is 3.30. The van der Waals surface area contributed by atoms with E-state index in [1.165, 1.54) is 0 Å². The molecule has 4 nitrogen and oxygen atoms in total. The number of aliphatic carboxylic acids is 1. The molecule has 1 aliphatic carbocycles. The molecular weight excluding hydrogens is 204 g/mol. The molecule has 0 aliphatic heterocycles. The highest BCUT2D eigenvalue weighted by atomic mass is 16.4. The lowest BCUT2D eigenvalue weighted by atomic mass is 9.94. The SMILES string of the molecule is CN(CC(C)(C)C)C1CCC(N)(C(=O)O)C1. The zero-order chi connectivity index (χ0) is 12.6. The van der Waals surface area contributed by atoms with Crippen molar-refractivity contribution < 1.29 is 9.90 Å². The van der Waals surface area contributed by atoms with Gasteiger partial charge in [0.25, 0.3) is 0 Å². The van der Waals surface area contributed by atoms with Crippen molar-refractivity contribution in [3.8, 4) is 0 Å². The number of nitrogens with two attached hydrogens (primary N) is 1. The molecule has 2 atom stereocenters. The van der Waals surface area contributed by atoms with Crippen LogP contribution in [-0.2, 0) is 4.79 Å². The van der Waals surface area contributed by atoms with Crippen molar-refractivity contribution in [2.24, 2.45) is 11.1 Å². The molecule has 16 heavy (non-hydrogen) atoms. The number of carboxylic acid groups (broad SMARTS) is 1. The van der Waals surface area contributed by atoms with Crippen molar-refractivity contribution in [2.45, 2.75) is 51.6 Å². The van der Waals surface area contributed by atoms with Crippen LogP contribution in [0.15, 0.2) is 0 Å². The minimum atomic E-state index is -1.00. The second-order valence-corrected chi connectivity index (χ2v) is 6.33. The van der Waals surface area contributed by atoms with Gasteiger partial charge in [-0.15, -0.1) is 0 Å². The monoisotopic (exact) mass is 228 g/mol. The Morgan fingerprint density at radius 2 is 2.12 bits per heavy atom. The molecule has 0 amide bonds. The Hall–Kier alpha value is -0.610. The smallest absolute Gasteiger partial charge is 0.323 e. The van der Waals surface area contributed by atoms with Gasteiger partial charge in [-0.25, -0.2) is 0 Å². The van der Waals surface area contributed by atoms with Gasteiger partial charge in [-0.1, -0.05) is 20.8 Å². The normalized spacial score (nSPS) is 31.0. The summed E-state index contributed by atoms with van der Waals surface area (Å²) in [5, 5.41) is 9.06. The lowest BCUT2D eigenvalue weighted by molar-refractivity contribution is -0.143. The number of hydrogen-bond acceptors (Lipinski definition) is 3. The summed E-state index contributed by atoms with van der Waals surface area (Å²) in [5.41, 5.74) is 5.10. The van der Waals surface area contributed by atoms with Crippen LogP contribution in [-0.4, -0.2) is 41.1 Å². The molecule has 1 saturated carbocycles. The number of rotatable bonds is 3. The van der Waals surface area contributed by atoms with E-state index in [1.54, 1.807) is 0 Å². The van der Waals surface area contributed by atoms with Gasteiger partial charge in [0, 0.05) is 12.6 Å². The molecule has 0 spiro atoms. The quantitative estimate of drug-likeness (QED) is 0.764. The van der Waals surface area contributed by atoms with Crippen LogP contribution in [0.1, 0.15) is 40.0 Å². The summed E-state index contributed by atoms with van der Waals surface area (Å²) in [6.07, 6.45) is 2.03. The van der Waals surface area contributed by atoms with Crippen LogP contribution in [0.4, 0.5) is 0 Å². The van der Waals surface area contributed by atoms with Gasteiger partial charge in [-0.05, 0) is 31.7 Å². The first-order chi connectivity index (χ1) is 7.14. The Kier molecular flexibility index (Phi) is 3.65. The zero-order valence-corrected chi connectivity index (χ0v) is 10.8. The van der Waals surface area contributed by atoms with Crippen molar-refractivity contribution in [2.75, 3.05) is 13.6 Å². The Balaban J connectivity index is 2.56. The molecule has 0 radical (unpaired) electrons. The van der Waals surface area contributed by atoms with Crippen molar-refractivity contribution >= 4 is 5.97 Å². The van der Waals surface area contributed by atoms with Crippen LogP contribution in [0.25, 0.3) is 0 Å². The summed E-state index contributed by atoms with van der Waals surface area (Å²) in [7, 11) is 2.06. The molecule has 94 valence electrons. The zero-order valence-electron chi connectivity index (χ0n) is 10.8. The summed E-state index contributed by atoms with van der Waals surface area (Å²) in [4.78, 5) is 13.3. The van der Waals surface area contributed by atoms with Crippen LogP contribution < -0.4 is 5.73 Å². The maximum Gasteiger partial charge on any atom is 0.323 e. The van der Waals surface area contributed by atoms with Gasteiger partial charge < -0.3 is 15.7 Å². The van der Waals surface area contributed by atoms with Gasteiger partial charge in [0.1, 0.15) is 5.54 Å². The van der Waals surface area contributed by atoms with Gasteiger partial charge in [0.2, 0.25) is 0 Å². The first-order valence-corrected chi connectivity index (χ1v) is 5.87.